The Morgan fingerprint density at radius 1 is 0.889 bits per heavy atom. The number of nitrogens with two attached hydrogens (primary N) is 1. The first-order chi connectivity index (χ1) is 8.69. The third-order valence-corrected chi connectivity index (χ3v) is 4.17. The summed E-state index contributed by atoms with van der Waals surface area (Å²) in [6.07, 6.45) is 2.52. The van der Waals surface area contributed by atoms with Crippen molar-refractivity contribution in [3.05, 3.63) is 60.2 Å². The van der Waals surface area contributed by atoms with Gasteiger partial charge in [-0.1, -0.05) is 61.5 Å². The summed E-state index contributed by atoms with van der Waals surface area (Å²) in [5, 5.41) is 0. The van der Waals surface area contributed by atoms with E-state index in [4.69, 9.17) is 5.73 Å². The minimum absolute atomic E-state index is 0.183. The standard InChI is InChI=1S/C17H19N/c1-17(11-12-17)16(18)15-9-7-14(8-10-15)13-5-3-2-4-6-13/h2-10,16H,11-12,18H2,1H3. The predicted octanol–water partition coefficient (Wildman–Crippen LogP) is 4.15. The van der Waals surface area contributed by atoms with Crippen LogP contribution in [0.15, 0.2) is 54.6 Å². The molecule has 0 aromatic heterocycles. The van der Waals surface area contributed by atoms with Gasteiger partial charge in [0.1, 0.15) is 0 Å². The van der Waals surface area contributed by atoms with E-state index in [2.05, 4.69) is 55.5 Å². The minimum atomic E-state index is 0.183. The molecule has 0 heterocycles. The van der Waals surface area contributed by atoms with E-state index in [1.807, 2.05) is 6.07 Å². The Morgan fingerprint density at radius 3 is 2.00 bits per heavy atom. The van der Waals surface area contributed by atoms with Crippen molar-refractivity contribution < 1.29 is 0 Å². The SMILES string of the molecule is CC1(C(N)c2ccc(-c3ccccc3)cc2)CC1. The van der Waals surface area contributed by atoms with E-state index in [0.29, 0.717) is 5.41 Å². The Morgan fingerprint density at radius 2 is 1.44 bits per heavy atom. The summed E-state index contributed by atoms with van der Waals surface area (Å²) in [6, 6.07) is 19.3. The molecule has 1 aliphatic rings. The van der Waals surface area contributed by atoms with Gasteiger partial charge in [-0.05, 0) is 34.9 Å². The van der Waals surface area contributed by atoms with Gasteiger partial charge >= 0.3 is 0 Å². The van der Waals surface area contributed by atoms with Gasteiger partial charge in [0.25, 0.3) is 0 Å². The third kappa shape index (κ3) is 2.06. The van der Waals surface area contributed by atoms with Crippen molar-refractivity contribution in [2.75, 3.05) is 0 Å². The largest absolute Gasteiger partial charge is 0.323 e. The topological polar surface area (TPSA) is 26.0 Å². The first-order valence-electron chi connectivity index (χ1n) is 6.60. The van der Waals surface area contributed by atoms with Gasteiger partial charge in [0, 0.05) is 6.04 Å². The smallest absolute Gasteiger partial charge is 0.0349 e. The molecule has 2 aromatic rings. The Hall–Kier alpha value is -1.60. The maximum Gasteiger partial charge on any atom is 0.0349 e. The molecule has 0 amide bonds. The molecule has 1 heteroatoms. The molecule has 1 unspecified atom stereocenters. The molecule has 0 radical (unpaired) electrons. The molecule has 0 spiro atoms. The van der Waals surface area contributed by atoms with Crippen molar-refractivity contribution in [3.8, 4) is 11.1 Å². The van der Waals surface area contributed by atoms with Gasteiger partial charge in [0.2, 0.25) is 0 Å². The fraction of sp³-hybridized carbons (Fsp3) is 0.294. The molecule has 0 saturated heterocycles. The molecular weight excluding hydrogens is 218 g/mol. The van der Waals surface area contributed by atoms with Crippen molar-refractivity contribution in [1.29, 1.82) is 0 Å². The summed E-state index contributed by atoms with van der Waals surface area (Å²) < 4.78 is 0. The zero-order valence-electron chi connectivity index (χ0n) is 10.8. The normalized spacial score (nSPS) is 18.3. The average molecular weight is 237 g/mol. The second kappa shape index (κ2) is 4.25. The Kier molecular flexibility index (Phi) is 2.71. The van der Waals surface area contributed by atoms with Crippen LogP contribution in [0.3, 0.4) is 0 Å². The van der Waals surface area contributed by atoms with Crippen molar-refractivity contribution in [2.45, 2.75) is 25.8 Å². The van der Waals surface area contributed by atoms with E-state index in [9.17, 15) is 0 Å². The maximum atomic E-state index is 6.32. The molecule has 1 saturated carbocycles. The van der Waals surface area contributed by atoms with Gasteiger partial charge in [0.15, 0.2) is 0 Å². The van der Waals surface area contributed by atoms with Gasteiger partial charge in [-0.25, -0.2) is 0 Å². The Balaban J connectivity index is 1.85. The number of rotatable bonds is 3. The van der Waals surface area contributed by atoms with Crippen molar-refractivity contribution in [1.82, 2.24) is 0 Å². The van der Waals surface area contributed by atoms with E-state index in [0.717, 1.165) is 0 Å². The lowest BCUT2D eigenvalue weighted by Crippen LogP contribution is -2.19. The molecule has 1 atom stereocenters. The van der Waals surface area contributed by atoms with Gasteiger partial charge < -0.3 is 5.73 Å². The zero-order chi connectivity index (χ0) is 12.6. The molecule has 2 N–H and O–H groups in total. The minimum Gasteiger partial charge on any atom is -0.323 e. The van der Waals surface area contributed by atoms with Gasteiger partial charge in [-0.15, -0.1) is 0 Å². The summed E-state index contributed by atoms with van der Waals surface area (Å²) >= 11 is 0. The Labute approximate surface area is 109 Å². The van der Waals surface area contributed by atoms with Crippen molar-refractivity contribution >= 4 is 0 Å². The first-order valence-corrected chi connectivity index (χ1v) is 6.60. The zero-order valence-corrected chi connectivity index (χ0v) is 10.8. The predicted molar refractivity (Wildman–Crippen MR) is 76.1 cm³/mol. The van der Waals surface area contributed by atoms with Gasteiger partial charge in [0.05, 0.1) is 0 Å². The average Bonchev–Trinajstić information content (AvgIpc) is 3.18. The highest BCUT2D eigenvalue weighted by Gasteiger charge is 2.43. The van der Waals surface area contributed by atoms with Crippen LogP contribution in [-0.2, 0) is 0 Å². The van der Waals surface area contributed by atoms with E-state index in [1.54, 1.807) is 0 Å². The molecule has 0 aliphatic heterocycles. The Bertz CT molecular complexity index is 523. The number of benzene rings is 2. The fourth-order valence-electron chi connectivity index (χ4n) is 2.42. The van der Waals surface area contributed by atoms with Crippen molar-refractivity contribution in [3.63, 3.8) is 0 Å². The van der Waals surface area contributed by atoms with E-state index < -0.39 is 0 Å². The van der Waals surface area contributed by atoms with Crippen LogP contribution in [0, 0.1) is 5.41 Å². The van der Waals surface area contributed by atoms with Gasteiger partial charge in [-0.2, -0.15) is 0 Å². The molecule has 18 heavy (non-hydrogen) atoms. The molecule has 0 bridgehead atoms. The van der Waals surface area contributed by atoms with Crippen LogP contribution in [0.5, 0.6) is 0 Å². The molecule has 2 aromatic carbocycles. The molecular formula is C17H19N. The highest BCUT2D eigenvalue weighted by molar-refractivity contribution is 5.63. The second-order valence-electron chi connectivity index (χ2n) is 5.62. The van der Waals surface area contributed by atoms with E-state index >= 15 is 0 Å². The molecule has 3 rings (SSSR count). The van der Waals surface area contributed by atoms with Crippen LogP contribution < -0.4 is 5.73 Å². The summed E-state index contributed by atoms with van der Waals surface area (Å²) in [6.45, 7) is 2.28. The third-order valence-electron chi connectivity index (χ3n) is 4.17. The van der Waals surface area contributed by atoms with Crippen LogP contribution in [0.25, 0.3) is 11.1 Å². The maximum absolute atomic E-state index is 6.32. The van der Waals surface area contributed by atoms with E-state index in [1.165, 1.54) is 29.5 Å². The lowest BCUT2D eigenvalue weighted by Gasteiger charge is -2.19. The fourth-order valence-corrected chi connectivity index (χ4v) is 2.42. The number of hydrogen-bond donors (Lipinski definition) is 1. The summed E-state index contributed by atoms with van der Waals surface area (Å²) in [5.74, 6) is 0. The van der Waals surface area contributed by atoms with Crippen LogP contribution in [-0.4, -0.2) is 0 Å². The number of hydrogen-bond acceptors (Lipinski definition) is 1. The molecule has 92 valence electrons. The summed E-state index contributed by atoms with van der Waals surface area (Å²) in [5.41, 5.74) is 10.4. The first kappa shape index (κ1) is 11.5. The summed E-state index contributed by atoms with van der Waals surface area (Å²) in [7, 11) is 0. The lowest BCUT2D eigenvalue weighted by molar-refractivity contribution is 0.451. The monoisotopic (exact) mass is 237 g/mol. The van der Waals surface area contributed by atoms with Crippen LogP contribution >= 0.6 is 0 Å². The van der Waals surface area contributed by atoms with Crippen LogP contribution in [0.2, 0.25) is 0 Å². The van der Waals surface area contributed by atoms with Crippen LogP contribution in [0.1, 0.15) is 31.4 Å². The van der Waals surface area contributed by atoms with E-state index in [-0.39, 0.29) is 6.04 Å². The van der Waals surface area contributed by atoms with Crippen LogP contribution in [0.4, 0.5) is 0 Å². The second-order valence-corrected chi connectivity index (χ2v) is 5.62. The molecule has 1 fully saturated rings. The molecule has 1 nitrogen and oxygen atoms in total. The van der Waals surface area contributed by atoms with Crippen molar-refractivity contribution in [2.24, 2.45) is 11.1 Å². The highest BCUT2D eigenvalue weighted by Crippen LogP contribution is 2.53. The lowest BCUT2D eigenvalue weighted by atomic mass is 9.91. The molecule has 1 aliphatic carbocycles. The highest BCUT2D eigenvalue weighted by atomic mass is 14.7. The van der Waals surface area contributed by atoms with Gasteiger partial charge in [-0.3, -0.25) is 0 Å². The summed E-state index contributed by atoms with van der Waals surface area (Å²) in [4.78, 5) is 0. The quantitative estimate of drug-likeness (QED) is 0.852.